The van der Waals surface area contributed by atoms with E-state index in [2.05, 4.69) is 36.5 Å². The molecule has 0 aromatic carbocycles. The fraction of sp³-hybridized carbons (Fsp3) is 0.750. The summed E-state index contributed by atoms with van der Waals surface area (Å²) in [6.07, 6.45) is 7.16. The van der Waals surface area contributed by atoms with Crippen LogP contribution in [0.15, 0.2) is 12.5 Å². The lowest BCUT2D eigenvalue weighted by Gasteiger charge is -2.08. The van der Waals surface area contributed by atoms with Gasteiger partial charge in [-0.1, -0.05) is 27.2 Å². The van der Waals surface area contributed by atoms with Gasteiger partial charge >= 0.3 is 0 Å². The maximum atomic E-state index is 5.89. The van der Waals surface area contributed by atoms with Crippen molar-refractivity contribution < 1.29 is 0 Å². The van der Waals surface area contributed by atoms with Crippen LogP contribution in [0, 0.1) is 5.92 Å². The minimum atomic E-state index is 0.247. The van der Waals surface area contributed by atoms with Crippen LogP contribution >= 0.6 is 0 Å². The van der Waals surface area contributed by atoms with E-state index >= 15 is 0 Å². The van der Waals surface area contributed by atoms with E-state index in [-0.39, 0.29) is 6.04 Å². The molecular weight excluding hydrogens is 186 g/mol. The summed E-state index contributed by atoms with van der Waals surface area (Å²) in [6, 6.07) is 0.247. The van der Waals surface area contributed by atoms with E-state index in [1.54, 1.807) is 0 Å². The third-order valence-electron chi connectivity index (χ3n) is 2.90. The van der Waals surface area contributed by atoms with Crippen molar-refractivity contribution in [2.75, 3.05) is 0 Å². The smallest absolute Gasteiger partial charge is 0.0949 e. The number of nitrogens with zero attached hydrogens (tertiary/aromatic N) is 2. The van der Waals surface area contributed by atoms with E-state index in [1.807, 2.05) is 6.33 Å². The van der Waals surface area contributed by atoms with Gasteiger partial charge in [-0.15, -0.1) is 0 Å². The maximum absolute atomic E-state index is 5.89. The molecule has 0 fully saturated rings. The predicted molar refractivity (Wildman–Crippen MR) is 63.7 cm³/mol. The van der Waals surface area contributed by atoms with E-state index in [1.165, 1.54) is 6.42 Å². The highest BCUT2D eigenvalue weighted by molar-refractivity contribution is 4.99. The highest BCUT2D eigenvalue weighted by Crippen LogP contribution is 2.07. The Labute approximate surface area is 92.7 Å². The molecule has 0 aliphatic rings. The number of nitrogens with two attached hydrogens (primary N) is 1. The molecule has 1 aromatic heterocycles. The molecule has 1 aromatic rings. The number of imidazole rings is 1. The summed E-state index contributed by atoms with van der Waals surface area (Å²) < 4.78 is 2.17. The second-order valence-corrected chi connectivity index (χ2v) is 4.45. The Kier molecular flexibility index (Phi) is 4.82. The van der Waals surface area contributed by atoms with E-state index in [0.717, 1.165) is 25.1 Å². The van der Waals surface area contributed by atoms with Gasteiger partial charge in [-0.3, -0.25) is 0 Å². The molecular formula is C12H23N3. The molecule has 1 heterocycles. The van der Waals surface area contributed by atoms with Crippen molar-refractivity contribution in [3.05, 3.63) is 18.2 Å². The second-order valence-electron chi connectivity index (χ2n) is 4.45. The Balaban J connectivity index is 2.49. The van der Waals surface area contributed by atoms with E-state index in [0.29, 0.717) is 5.92 Å². The zero-order chi connectivity index (χ0) is 11.3. The minimum absolute atomic E-state index is 0.247. The van der Waals surface area contributed by atoms with Crippen LogP contribution < -0.4 is 5.73 Å². The molecule has 0 aliphatic heterocycles. The molecule has 2 atom stereocenters. The van der Waals surface area contributed by atoms with Gasteiger partial charge in [0.05, 0.1) is 12.0 Å². The third kappa shape index (κ3) is 4.04. The summed E-state index contributed by atoms with van der Waals surface area (Å²) in [7, 11) is 0. The molecule has 0 radical (unpaired) electrons. The molecule has 0 bridgehead atoms. The standard InChI is InChI=1S/C12H23N3/c1-4-10(3)7-15-8-12(14-9-15)6-11(13)5-2/h8-11H,4-7,13H2,1-3H3. The number of aromatic nitrogens is 2. The van der Waals surface area contributed by atoms with E-state index in [9.17, 15) is 0 Å². The zero-order valence-corrected chi connectivity index (χ0v) is 10.1. The van der Waals surface area contributed by atoms with Gasteiger partial charge in [0.2, 0.25) is 0 Å². The Morgan fingerprint density at radius 3 is 2.73 bits per heavy atom. The number of hydrogen-bond acceptors (Lipinski definition) is 2. The first kappa shape index (κ1) is 12.2. The van der Waals surface area contributed by atoms with Crippen LogP contribution in [0.4, 0.5) is 0 Å². The van der Waals surface area contributed by atoms with Crippen molar-refractivity contribution in [3.63, 3.8) is 0 Å². The Hall–Kier alpha value is -0.830. The van der Waals surface area contributed by atoms with Crippen molar-refractivity contribution >= 4 is 0 Å². The first-order valence-corrected chi connectivity index (χ1v) is 5.91. The molecule has 3 heteroatoms. The van der Waals surface area contributed by atoms with Gasteiger partial charge in [-0.05, 0) is 12.3 Å². The second kappa shape index (κ2) is 5.91. The number of rotatable bonds is 6. The van der Waals surface area contributed by atoms with Gasteiger partial charge < -0.3 is 10.3 Å². The van der Waals surface area contributed by atoms with Crippen LogP contribution in [-0.2, 0) is 13.0 Å². The fourth-order valence-corrected chi connectivity index (χ4v) is 1.51. The van der Waals surface area contributed by atoms with Crippen molar-refractivity contribution in [1.29, 1.82) is 0 Å². The average Bonchev–Trinajstić information content (AvgIpc) is 2.65. The van der Waals surface area contributed by atoms with Crippen molar-refractivity contribution in [1.82, 2.24) is 9.55 Å². The van der Waals surface area contributed by atoms with Crippen LogP contribution in [0.25, 0.3) is 0 Å². The lowest BCUT2D eigenvalue weighted by molar-refractivity contribution is 0.468. The summed E-state index contributed by atoms with van der Waals surface area (Å²) in [5.41, 5.74) is 7.01. The van der Waals surface area contributed by atoms with Crippen LogP contribution in [0.1, 0.15) is 39.3 Å². The summed E-state index contributed by atoms with van der Waals surface area (Å²) in [5, 5.41) is 0. The molecule has 0 amide bonds. The summed E-state index contributed by atoms with van der Waals surface area (Å²) in [4.78, 5) is 4.37. The Morgan fingerprint density at radius 2 is 2.13 bits per heavy atom. The van der Waals surface area contributed by atoms with Gasteiger partial charge in [0, 0.05) is 25.2 Å². The summed E-state index contributed by atoms with van der Waals surface area (Å²) in [6.45, 7) is 7.65. The van der Waals surface area contributed by atoms with Crippen LogP contribution in [0.5, 0.6) is 0 Å². The molecule has 0 saturated heterocycles. The van der Waals surface area contributed by atoms with Crippen LogP contribution in [0.3, 0.4) is 0 Å². The molecule has 2 N–H and O–H groups in total. The van der Waals surface area contributed by atoms with Gasteiger partial charge in [0.1, 0.15) is 0 Å². The van der Waals surface area contributed by atoms with Gasteiger partial charge in [0.25, 0.3) is 0 Å². The zero-order valence-electron chi connectivity index (χ0n) is 10.1. The average molecular weight is 209 g/mol. The molecule has 86 valence electrons. The summed E-state index contributed by atoms with van der Waals surface area (Å²) in [5.74, 6) is 0.715. The van der Waals surface area contributed by atoms with Crippen LogP contribution in [0.2, 0.25) is 0 Å². The van der Waals surface area contributed by atoms with E-state index < -0.39 is 0 Å². The van der Waals surface area contributed by atoms with Crippen molar-refractivity contribution in [3.8, 4) is 0 Å². The quantitative estimate of drug-likeness (QED) is 0.780. The normalized spacial score (nSPS) is 15.2. The van der Waals surface area contributed by atoms with Crippen molar-refractivity contribution in [2.24, 2.45) is 11.7 Å². The Morgan fingerprint density at radius 1 is 1.40 bits per heavy atom. The molecule has 1 rings (SSSR count). The Bertz CT molecular complexity index is 254. The van der Waals surface area contributed by atoms with Gasteiger partial charge in [-0.25, -0.2) is 4.98 Å². The monoisotopic (exact) mass is 209 g/mol. The van der Waals surface area contributed by atoms with Gasteiger partial charge in [0.15, 0.2) is 0 Å². The highest BCUT2D eigenvalue weighted by atomic mass is 15.0. The SMILES string of the molecule is CCC(C)Cn1cnc(CC(N)CC)c1. The molecule has 0 saturated carbocycles. The minimum Gasteiger partial charge on any atom is -0.337 e. The van der Waals surface area contributed by atoms with Gasteiger partial charge in [-0.2, -0.15) is 0 Å². The predicted octanol–water partition coefficient (Wildman–Crippen LogP) is 2.21. The van der Waals surface area contributed by atoms with Crippen LogP contribution in [-0.4, -0.2) is 15.6 Å². The topological polar surface area (TPSA) is 43.8 Å². The lowest BCUT2D eigenvalue weighted by Crippen LogP contribution is -2.21. The molecule has 0 aliphatic carbocycles. The highest BCUT2D eigenvalue weighted by Gasteiger charge is 2.06. The molecule has 2 unspecified atom stereocenters. The summed E-state index contributed by atoms with van der Waals surface area (Å²) >= 11 is 0. The maximum Gasteiger partial charge on any atom is 0.0949 e. The van der Waals surface area contributed by atoms with E-state index in [4.69, 9.17) is 5.73 Å². The first-order chi connectivity index (χ1) is 7.15. The molecule has 0 spiro atoms. The third-order valence-corrected chi connectivity index (χ3v) is 2.90. The number of hydrogen-bond donors (Lipinski definition) is 1. The molecule has 15 heavy (non-hydrogen) atoms. The first-order valence-electron chi connectivity index (χ1n) is 5.91. The molecule has 3 nitrogen and oxygen atoms in total. The largest absolute Gasteiger partial charge is 0.337 e. The lowest BCUT2D eigenvalue weighted by atomic mass is 10.1. The van der Waals surface area contributed by atoms with Crippen molar-refractivity contribution in [2.45, 2.75) is 52.6 Å². The fourth-order valence-electron chi connectivity index (χ4n) is 1.51.